The largest absolute Gasteiger partial charge is 0.0995 e. The first-order chi connectivity index (χ1) is 5.54. The molecular weight excluding hydrogens is 160 g/mol. The molecule has 0 aromatic carbocycles. The molecule has 70 valence electrons. The lowest BCUT2D eigenvalue weighted by Crippen LogP contribution is -2.34. The highest BCUT2D eigenvalue weighted by atomic mass is 28.3. The summed E-state index contributed by atoms with van der Waals surface area (Å²) in [6, 6.07) is 3.93. The van der Waals surface area contributed by atoms with Crippen LogP contribution in [0.5, 0.6) is 0 Å². The van der Waals surface area contributed by atoms with Gasteiger partial charge in [0.15, 0.2) is 0 Å². The van der Waals surface area contributed by atoms with E-state index < -0.39 is 8.07 Å². The lowest BCUT2D eigenvalue weighted by molar-refractivity contribution is 1.17. The molecule has 0 nitrogen and oxygen atoms in total. The van der Waals surface area contributed by atoms with Crippen LogP contribution in [0.1, 0.15) is 27.7 Å². The van der Waals surface area contributed by atoms with Crippen molar-refractivity contribution in [3.8, 4) is 0 Å². The molecule has 12 heavy (non-hydrogen) atoms. The Balaban J connectivity index is 4.71. The highest BCUT2D eigenvalue weighted by Gasteiger charge is 2.29. The van der Waals surface area contributed by atoms with Gasteiger partial charge in [-0.1, -0.05) is 62.8 Å². The van der Waals surface area contributed by atoms with Crippen LogP contribution in [-0.2, 0) is 0 Å². The van der Waals surface area contributed by atoms with Crippen LogP contribution in [0, 0.1) is 0 Å². The molecule has 0 aromatic rings. The zero-order chi connectivity index (χ0) is 9.78. The maximum absolute atomic E-state index is 4.20. The van der Waals surface area contributed by atoms with Crippen molar-refractivity contribution in [1.29, 1.82) is 0 Å². The van der Waals surface area contributed by atoms with E-state index in [2.05, 4.69) is 40.9 Å². The Bertz CT molecular complexity index is 167. The van der Waals surface area contributed by atoms with Crippen molar-refractivity contribution in [2.24, 2.45) is 0 Å². The summed E-state index contributed by atoms with van der Waals surface area (Å²) < 4.78 is 0. The SMILES string of the molecule is C=C(C)C(=C)[Si](CC)(CC)CC. The van der Waals surface area contributed by atoms with Gasteiger partial charge in [0, 0.05) is 0 Å². The number of hydrogen-bond donors (Lipinski definition) is 0. The summed E-state index contributed by atoms with van der Waals surface area (Å²) in [4.78, 5) is 0. The van der Waals surface area contributed by atoms with Gasteiger partial charge >= 0.3 is 0 Å². The quantitative estimate of drug-likeness (QED) is 0.442. The fraction of sp³-hybridized carbons (Fsp3) is 0.636. The number of rotatable bonds is 5. The molecule has 0 fully saturated rings. The van der Waals surface area contributed by atoms with E-state index in [1.54, 1.807) is 0 Å². The average molecular weight is 182 g/mol. The lowest BCUT2D eigenvalue weighted by Gasteiger charge is -2.30. The second-order valence-corrected chi connectivity index (χ2v) is 8.89. The van der Waals surface area contributed by atoms with Gasteiger partial charge in [0.2, 0.25) is 0 Å². The van der Waals surface area contributed by atoms with Gasteiger partial charge in [-0.3, -0.25) is 0 Å². The van der Waals surface area contributed by atoms with Gasteiger partial charge in [-0.05, 0) is 6.92 Å². The molecule has 1 heteroatoms. The zero-order valence-electron chi connectivity index (χ0n) is 9.04. The van der Waals surface area contributed by atoms with Crippen LogP contribution in [0.3, 0.4) is 0 Å². The van der Waals surface area contributed by atoms with Crippen molar-refractivity contribution < 1.29 is 0 Å². The van der Waals surface area contributed by atoms with Crippen molar-refractivity contribution in [3.63, 3.8) is 0 Å². The van der Waals surface area contributed by atoms with E-state index in [0.717, 1.165) is 0 Å². The van der Waals surface area contributed by atoms with Gasteiger partial charge in [0.1, 0.15) is 0 Å². The molecule has 0 aromatic heterocycles. The van der Waals surface area contributed by atoms with E-state index in [1.807, 2.05) is 0 Å². The maximum atomic E-state index is 4.20. The minimum absolute atomic E-state index is 1.18. The van der Waals surface area contributed by atoms with Gasteiger partial charge in [0.05, 0.1) is 8.07 Å². The molecule has 0 radical (unpaired) electrons. The summed E-state index contributed by atoms with van der Waals surface area (Å²) in [6.07, 6.45) is 0. The van der Waals surface area contributed by atoms with Crippen molar-refractivity contribution >= 4 is 8.07 Å². The van der Waals surface area contributed by atoms with Crippen LogP contribution in [0.4, 0.5) is 0 Å². The topological polar surface area (TPSA) is 0 Å². The van der Waals surface area contributed by atoms with E-state index in [4.69, 9.17) is 0 Å². The summed E-state index contributed by atoms with van der Waals surface area (Å²) in [5.74, 6) is 0. The van der Waals surface area contributed by atoms with E-state index in [0.29, 0.717) is 0 Å². The second-order valence-electron chi connectivity index (χ2n) is 3.60. The Morgan fingerprint density at radius 3 is 1.42 bits per heavy atom. The van der Waals surface area contributed by atoms with Crippen molar-refractivity contribution in [2.45, 2.75) is 45.8 Å². The molecule has 0 atom stereocenters. The summed E-state index contributed by atoms with van der Waals surface area (Å²) in [7, 11) is -1.18. The van der Waals surface area contributed by atoms with Crippen LogP contribution in [0.2, 0.25) is 18.1 Å². The fourth-order valence-corrected chi connectivity index (χ4v) is 5.53. The molecule has 0 saturated carbocycles. The number of hydrogen-bond acceptors (Lipinski definition) is 0. The van der Waals surface area contributed by atoms with E-state index >= 15 is 0 Å². The first-order valence-electron chi connectivity index (χ1n) is 4.89. The molecule has 0 heterocycles. The molecule has 0 aliphatic carbocycles. The van der Waals surface area contributed by atoms with Crippen molar-refractivity contribution in [3.05, 3.63) is 23.9 Å². The van der Waals surface area contributed by atoms with Crippen molar-refractivity contribution in [1.82, 2.24) is 0 Å². The summed E-state index contributed by atoms with van der Waals surface area (Å²) in [6.45, 7) is 17.2. The predicted octanol–water partition coefficient (Wildman–Crippen LogP) is 4.17. The Morgan fingerprint density at radius 2 is 1.33 bits per heavy atom. The maximum Gasteiger partial charge on any atom is 0.0854 e. The standard InChI is InChI=1S/C11H22Si/c1-7-12(8-2,9-3)11(6)10(4)5/h4,6-9H2,1-3,5H3. The minimum atomic E-state index is -1.18. The molecule has 0 amide bonds. The van der Waals surface area contributed by atoms with Crippen LogP contribution in [0.25, 0.3) is 0 Å². The van der Waals surface area contributed by atoms with Gasteiger partial charge < -0.3 is 0 Å². The molecule has 0 aliphatic heterocycles. The summed E-state index contributed by atoms with van der Waals surface area (Å²) >= 11 is 0. The summed E-state index contributed by atoms with van der Waals surface area (Å²) in [5.41, 5.74) is 1.20. The van der Waals surface area contributed by atoms with Crippen LogP contribution in [0.15, 0.2) is 23.9 Å². The first-order valence-corrected chi connectivity index (χ1v) is 7.51. The van der Waals surface area contributed by atoms with Crippen LogP contribution >= 0.6 is 0 Å². The molecule has 0 rings (SSSR count). The van der Waals surface area contributed by atoms with Crippen LogP contribution in [-0.4, -0.2) is 8.07 Å². The van der Waals surface area contributed by atoms with E-state index in [1.165, 1.54) is 28.9 Å². The fourth-order valence-electron chi connectivity index (χ4n) is 1.84. The monoisotopic (exact) mass is 182 g/mol. The Hall–Kier alpha value is -0.303. The third-order valence-electron chi connectivity index (χ3n) is 3.19. The molecule has 0 N–H and O–H groups in total. The zero-order valence-corrected chi connectivity index (χ0v) is 10.0. The minimum Gasteiger partial charge on any atom is -0.0995 e. The van der Waals surface area contributed by atoms with Gasteiger partial charge in [-0.15, -0.1) is 0 Å². The highest BCUT2D eigenvalue weighted by Crippen LogP contribution is 2.30. The van der Waals surface area contributed by atoms with Crippen LogP contribution < -0.4 is 0 Å². The summed E-state index contributed by atoms with van der Waals surface area (Å²) in [5, 5.41) is 1.38. The van der Waals surface area contributed by atoms with E-state index in [-0.39, 0.29) is 0 Å². The molecule has 0 unspecified atom stereocenters. The number of allylic oxidation sites excluding steroid dienone is 2. The third kappa shape index (κ3) is 2.10. The molecule has 0 bridgehead atoms. The van der Waals surface area contributed by atoms with Crippen molar-refractivity contribution in [2.75, 3.05) is 0 Å². The third-order valence-corrected chi connectivity index (χ3v) is 8.95. The second kappa shape index (κ2) is 4.66. The molecule has 0 aliphatic rings. The molecular formula is C11H22Si. The van der Waals surface area contributed by atoms with Gasteiger partial charge in [0.25, 0.3) is 0 Å². The Kier molecular flexibility index (Phi) is 4.54. The highest BCUT2D eigenvalue weighted by molar-refractivity contribution is 6.87. The predicted molar refractivity (Wildman–Crippen MR) is 61.2 cm³/mol. The Labute approximate surface area is 78.4 Å². The molecule has 0 spiro atoms. The average Bonchev–Trinajstić information content (AvgIpc) is 2.08. The smallest absolute Gasteiger partial charge is 0.0854 e. The normalized spacial score (nSPS) is 11.3. The molecule has 0 saturated heterocycles. The lowest BCUT2D eigenvalue weighted by atomic mass is 10.3. The van der Waals surface area contributed by atoms with Gasteiger partial charge in [-0.2, -0.15) is 0 Å². The van der Waals surface area contributed by atoms with E-state index in [9.17, 15) is 0 Å². The Morgan fingerprint density at radius 1 is 1.00 bits per heavy atom. The van der Waals surface area contributed by atoms with Gasteiger partial charge in [-0.25, -0.2) is 0 Å². The first kappa shape index (κ1) is 11.7.